The van der Waals surface area contributed by atoms with Crippen LogP contribution in [0.5, 0.6) is 0 Å². The number of amides is 1. The number of hydrogen-bond acceptors (Lipinski definition) is 3. The third-order valence-corrected chi connectivity index (χ3v) is 2.79. The molecule has 0 fully saturated rings. The Kier molecular flexibility index (Phi) is 5.35. The van der Waals surface area contributed by atoms with Crippen molar-refractivity contribution in [3.8, 4) is 0 Å². The van der Waals surface area contributed by atoms with E-state index in [9.17, 15) is 9.59 Å². The van der Waals surface area contributed by atoms with Crippen molar-refractivity contribution in [1.29, 1.82) is 0 Å². The van der Waals surface area contributed by atoms with Gasteiger partial charge in [0, 0.05) is 38.4 Å². The van der Waals surface area contributed by atoms with E-state index in [2.05, 4.69) is 4.98 Å². The van der Waals surface area contributed by atoms with Gasteiger partial charge in [-0.3, -0.25) is 9.59 Å². The molecule has 1 aromatic rings. The lowest BCUT2D eigenvalue weighted by atomic mass is 10.1. The van der Waals surface area contributed by atoms with Crippen LogP contribution >= 0.6 is 0 Å². The smallest absolute Gasteiger partial charge is 0.308 e. The summed E-state index contributed by atoms with van der Waals surface area (Å²) in [7, 11) is 0. The number of imidazole rings is 1. The SMILES string of the molecule is CCN(CC(C)C(=O)O)C(=O)CCn1ccnc1. The van der Waals surface area contributed by atoms with E-state index < -0.39 is 11.9 Å². The van der Waals surface area contributed by atoms with Gasteiger partial charge in [-0.15, -0.1) is 0 Å². The first-order valence-electron chi connectivity index (χ1n) is 6.01. The van der Waals surface area contributed by atoms with Crippen LogP contribution in [0.25, 0.3) is 0 Å². The molecule has 6 heteroatoms. The zero-order valence-electron chi connectivity index (χ0n) is 10.7. The van der Waals surface area contributed by atoms with Gasteiger partial charge in [-0.2, -0.15) is 0 Å². The van der Waals surface area contributed by atoms with E-state index in [1.54, 1.807) is 30.5 Å². The van der Waals surface area contributed by atoms with E-state index >= 15 is 0 Å². The minimum absolute atomic E-state index is 0.0284. The number of carbonyl (C=O) groups is 2. The first-order valence-corrected chi connectivity index (χ1v) is 6.01. The van der Waals surface area contributed by atoms with Crippen LogP contribution in [0.1, 0.15) is 20.3 Å². The van der Waals surface area contributed by atoms with E-state index in [-0.39, 0.29) is 12.5 Å². The molecule has 1 aromatic heterocycles. The highest BCUT2D eigenvalue weighted by Gasteiger charge is 2.18. The lowest BCUT2D eigenvalue weighted by Crippen LogP contribution is -2.37. The maximum Gasteiger partial charge on any atom is 0.308 e. The van der Waals surface area contributed by atoms with E-state index in [4.69, 9.17) is 5.11 Å². The fraction of sp³-hybridized carbons (Fsp3) is 0.583. The maximum absolute atomic E-state index is 11.9. The summed E-state index contributed by atoms with van der Waals surface area (Å²) in [6, 6.07) is 0. The standard InChI is InChI=1S/C12H19N3O3/c1-3-15(8-10(2)12(17)18)11(16)4-6-14-7-5-13-9-14/h5,7,9-10H,3-4,6,8H2,1-2H3,(H,17,18). The minimum Gasteiger partial charge on any atom is -0.481 e. The van der Waals surface area contributed by atoms with Gasteiger partial charge >= 0.3 is 5.97 Å². The van der Waals surface area contributed by atoms with Crippen molar-refractivity contribution < 1.29 is 14.7 Å². The molecule has 0 aliphatic heterocycles. The third-order valence-electron chi connectivity index (χ3n) is 2.79. The van der Waals surface area contributed by atoms with Gasteiger partial charge in [-0.25, -0.2) is 4.98 Å². The summed E-state index contributed by atoms with van der Waals surface area (Å²) in [5, 5.41) is 8.84. The average Bonchev–Trinajstić information content (AvgIpc) is 2.85. The highest BCUT2D eigenvalue weighted by Crippen LogP contribution is 2.03. The molecule has 1 atom stereocenters. The molecule has 1 amide bonds. The number of carboxylic acids is 1. The van der Waals surface area contributed by atoms with Gasteiger partial charge in [-0.1, -0.05) is 6.92 Å². The Balaban J connectivity index is 2.44. The van der Waals surface area contributed by atoms with Crippen LogP contribution in [0.2, 0.25) is 0 Å². The van der Waals surface area contributed by atoms with Crippen molar-refractivity contribution in [3.05, 3.63) is 18.7 Å². The molecule has 0 aliphatic rings. The van der Waals surface area contributed by atoms with Gasteiger partial charge in [0.1, 0.15) is 0 Å². The summed E-state index contributed by atoms with van der Waals surface area (Å²) in [6.45, 7) is 4.81. The number of aryl methyl sites for hydroxylation is 1. The molecule has 100 valence electrons. The zero-order chi connectivity index (χ0) is 13.5. The fourth-order valence-electron chi connectivity index (χ4n) is 1.62. The first-order chi connectivity index (χ1) is 8.54. The molecule has 18 heavy (non-hydrogen) atoms. The van der Waals surface area contributed by atoms with E-state index in [0.717, 1.165) is 0 Å². The summed E-state index contributed by atoms with van der Waals surface area (Å²) in [5.74, 6) is -1.45. The third kappa shape index (κ3) is 4.20. The zero-order valence-corrected chi connectivity index (χ0v) is 10.7. The molecule has 0 bridgehead atoms. The predicted molar refractivity (Wildman–Crippen MR) is 65.9 cm³/mol. The van der Waals surface area contributed by atoms with Gasteiger partial charge in [-0.05, 0) is 6.92 Å². The molecule has 6 nitrogen and oxygen atoms in total. The number of rotatable bonds is 7. The Morgan fingerprint density at radius 2 is 2.22 bits per heavy atom. The van der Waals surface area contributed by atoms with Gasteiger partial charge < -0.3 is 14.6 Å². The van der Waals surface area contributed by atoms with Crippen LogP contribution in [0.4, 0.5) is 0 Å². The van der Waals surface area contributed by atoms with Gasteiger partial charge in [0.25, 0.3) is 0 Å². The minimum atomic E-state index is -0.879. The molecule has 1 rings (SSSR count). The Bertz CT molecular complexity index is 389. The topological polar surface area (TPSA) is 75.4 Å². The second kappa shape index (κ2) is 6.78. The van der Waals surface area contributed by atoms with Crippen LogP contribution in [0.15, 0.2) is 18.7 Å². The molecule has 0 spiro atoms. The van der Waals surface area contributed by atoms with Crippen molar-refractivity contribution >= 4 is 11.9 Å². The van der Waals surface area contributed by atoms with Crippen LogP contribution in [-0.2, 0) is 16.1 Å². The summed E-state index contributed by atoms with van der Waals surface area (Å²) >= 11 is 0. The maximum atomic E-state index is 11.9. The van der Waals surface area contributed by atoms with Crippen molar-refractivity contribution in [3.63, 3.8) is 0 Å². The highest BCUT2D eigenvalue weighted by atomic mass is 16.4. The van der Waals surface area contributed by atoms with Crippen molar-refractivity contribution in [2.24, 2.45) is 5.92 Å². The van der Waals surface area contributed by atoms with Crippen LogP contribution in [0.3, 0.4) is 0 Å². The second-order valence-electron chi connectivity index (χ2n) is 4.22. The molecular formula is C12H19N3O3. The Morgan fingerprint density at radius 1 is 1.50 bits per heavy atom. The normalized spacial score (nSPS) is 12.1. The average molecular weight is 253 g/mol. The number of carbonyl (C=O) groups excluding carboxylic acids is 1. The Hall–Kier alpha value is -1.85. The largest absolute Gasteiger partial charge is 0.481 e. The summed E-state index contributed by atoms with van der Waals surface area (Å²) in [4.78, 5) is 28.2. The van der Waals surface area contributed by atoms with Gasteiger partial charge in [0.15, 0.2) is 0 Å². The number of hydrogen-bond donors (Lipinski definition) is 1. The predicted octanol–water partition coefficient (Wildman–Crippen LogP) is 0.842. The summed E-state index contributed by atoms with van der Waals surface area (Å²) in [5.41, 5.74) is 0. The molecule has 0 radical (unpaired) electrons. The van der Waals surface area contributed by atoms with E-state index in [0.29, 0.717) is 19.5 Å². The first kappa shape index (κ1) is 14.2. The van der Waals surface area contributed by atoms with Gasteiger partial charge in [0.2, 0.25) is 5.91 Å². The summed E-state index contributed by atoms with van der Waals surface area (Å²) in [6.07, 6.45) is 5.47. The van der Waals surface area contributed by atoms with Crippen LogP contribution in [0, 0.1) is 5.92 Å². The molecule has 0 saturated carbocycles. The number of carboxylic acid groups (broad SMARTS) is 1. The van der Waals surface area contributed by atoms with E-state index in [1.807, 2.05) is 11.5 Å². The van der Waals surface area contributed by atoms with Crippen LogP contribution < -0.4 is 0 Å². The number of aliphatic carboxylic acids is 1. The fourth-order valence-corrected chi connectivity index (χ4v) is 1.62. The van der Waals surface area contributed by atoms with Crippen molar-refractivity contribution in [2.75, 3.05) is 13.1 Å². The molecule has 1 unspecified atom stereocenters. The molecule has 0 aliphatic carbocycles. The monoisotopic (exact) mass is 253 g/mol. The molecule has 0 aromatic carbocycles. The highest BCUT2D eigenvalue weighted by molar-refractivity contribution is 5.77. The quantitative estimate of drug-likeness (QED) is 0.781. The number of aromatic nitrogens is 2. The van der Waals surface area contributed by atoms with Crippen molar-refractivity contribution in [2.45, 2.75) is 26.8 Å². The molecular weight excluding hydrogens is 234 g/mol. The summed E-state index contributed by atoms with van der Waals surface area (Å²) < 4.78 is 1.83. The van der Waals surface area contributed by atoms with E-state index in [1.165, 1.54) is 0 Å². The Labute approximate surface area is 106 Å². The van der Waals surface area contributed by atoms with Crippen LogP contribution in [-0.4, -0.2) is 44.5 Å². The second-order valence-corrected chi connectivity index (χ2v) is 4.22. The molecule has 1 N–H and O–H groups in total. The Morgan fingerprint density at radius 3 is 2.72 bits per heavy atom. The lowest BCUT2D eigenvalue weighted by Gasteiger charge is -2.23. The number of nitrogens with zero attached hydrogens (tertiary/aromatic N) is 3. The van der Waals surface area contributed by atoms with Crippen molar-refractivity contribution in [1.82, 2.24) is 14.5 Å². The van der Waals surface area contributed by atoms with Gasteiger partial charge in [0.05, 0.1) is 12.2 Å². The molecule has 1 heterocycles. The molecule has 0 saturated heterocycles. The lowest BCUT2D eigenvalue weighted by molar-refractivity contribution is -0.143.